The van der Waals surface area contributed by atoms with E-state index in [4.69, 9.17) is 9.47 Å². The fourth-order valence-electron chi connectivity index (χ4n) is 4.77. The summed E-state index contributed by atoms with van der Waals surface area (Å²) in [5.41, 5.74) is 5.98. The molecule has 9 nitrogen and oxygen atoms in total. The minimum Gasteiger partial charge on any atom is -0.392 e. The van der Waals surface area contributed by atoms with Crippen LogP contribution in [0.2, 0.25) is 0 Å². The standard InChI is InChI=1S/C31H35N5O4S/c1-3-32-30(38)33-17-25-6-4-5-7-27(25)22-12-14-24(15-13-22)29-39-26(19-41-31-35-34-20-36(31)2)16-28(40-29)23-10-8-21(18-37)9-11-23/h4-15,20,26,28-29,37H,3,16-19H2,1-2H3,(H2,32,33,38). The number of hydrogen-bond acceptors (Lipinski definition) is 7. The number of aliphatic hydroxyl groups is 1. The molecule has 41 heavy (non-hydrogen) atoms. The molecule has 0 spiro atoms. The second-order valence-electron chi connectivity index (χ2n) is 9.88. The Bertz CT molecular complexity index is 1430. The van der Waals surface area contributed by atoms with E-state index in [2.05, 4.69) is 39.0 Å². The number of nitrogens with one attached hydrogen (secondary N) is 2. The van der Waals surface area contributed by atoms with E-state index < -0.39 is 6.29 Å². The lowest BCUT2D eigenvalue weighted by Gasteiger charge is -2.36. The first-order chi connectivity index (χ1) is 20.0. The molecule has 3 unspecified atom stereocenters. The van der Waals surface area contributed by atoms with Crippen LogP contribution in [0.3, 0.4) is 0 Å². The average molecular weight is 574 g/mol. The van der Waals surface area contributed by atoms with Gasteiger partial charge < -0.3 is 29.8 Å². The summed E-state index contributed by atoms with van der Waals surface area (Å²) in [4.78, 5) is 11.9. The highest BCUT2D eigenvalue weighted by Gasteiger charge is 2.32. The van der Waals surface area contributed by atoms with Crippen molar-refractivity contribution in [3.63, 3.8) is 0 Å². The normalized spacial score (nSPS) is 18.7. The molecule has 1 fully saturated rings. The maximum absolute atomic E-state index is 11.9. The van der Waals surface area contributed by atoms with Crippen molar-refractivity contribution >= 4 is 17.8 Å². The van der Waals surface area contributed by atoms with Crippen LogP contribution in [0.25, 0.3) is 11.1 Å². The van der Waals surface area contributed by atoms with E-state index in [1.807, 2.05) is 73.1 Å². The Hall–Kier alpha value is -3.70. The van der Waals surface area contributed by atoms with Gasteiger partial charge in [-0.2, -0.15) is 0 Å². The lowest BCUT2D eigenvalue weighted by Crippen LogP contribution is -2.34. The van der Waals surface area contributed by atoms with Gasteiger partial charge in [-0.3, -0.25) is 0 Å². The SMILES string of the molecule is CCNC(=O)NCc1ccccc1-c1ccc(C2OC(CSc3nncn3C)CC(c3ccc(CO)cc3)O2)cc1. The highest BCUT2D eigenvalue weighted by molar-refractivity contribution is 7.99. The molecular formula is C31H35N5O4S. The molecule has 1 saturated heterocycles. The van der Waals surface area contributed by atoms with Crippen LogP contribution < -0.4 is 10.6 Å². The maximum atomic E-state index is 11.9. The Balaban J connectivity index is 1.34. The van der Waals surface area contributed by atoms with Gasteiger partial charge in [0.1, 0.15) is 6.33 Å². The second kappa shape index (κ2) is 13.8. The van der Waals surface area contributed by atoms with Gasteiger partial charge in [-0.15, -0.1) is 10.2 Å². The van der Waals surface area contributed by atoms with Gasteiger partial charge >= 0.3 is 6.03 Å². The van der Waals surface area contributed by atoms with Gasteiger partial charge in [0.2, 0.25) is 0 Å². The Labute approximate surface area is 244 Å². The van der Waals surface area contributed by atoms with Crippen molar-refractivity contribution in [2.75, 3.05) is 12.3 Å². The number of carbonyl (C=O) groups is 1. The van der Waals surface area contributed by atoms with Crippen LogP contribution in [-0.4, -0.2) is 44.3 Å². The fraction of sp³-hybridized carbons (Fsp3) is 0.323. The molecule has 10 heteroatoms. The number of nitrogens with zero attached hydrogens (tertiary/aromatic N) is 3. The third-order valence-corrected chi connectivity index (χ3v) is 8.14. The molecule has 0 bridgehead atoms. The molecule has 0 saturated carbocycles. The van der Waals surface area contributed by atoms with E-state index >= 15 is 0 Å². The number of hydrogen-bond donors (Lipinski definition) is 3. The van der Waals surface area contributed by atoms with Crippen molar-refractivity contribution in [2.24, 2.45) is 7.05 Å². The quantitative estimate of drug-likeness (QED) is 0.226. The largest absolute Gasteiger partial charge is 0.392 e. The van der Waals surface area contributed by atoms with E-state index in [1.54, 1.807) is 18.1 Å². The number of rotatable bonds is 10. The molecule has 2 amide bonds. The van der Waals surface area contributed by atoms with Gasteiger partial charge in [0, 0.05) is 37.9 Å². The molecule has 214 valence electrons. The van der Waals surface area contributed by atoms with Crippen LogP contribution in [-0.2, 0) is 29.7 Å². The number of amides is 2. The molecule has 4 aromatic rings. The summed E-state index contributed by atoms with van der Waals surface area (Å²) in [6.07, 6.45) is 1.62. The van der Waals surface area contributed by atoms with Gasteiger partial charge in [0.05, 0.1) is 18.8 Å². The molecule has 1 aliphatic heterocycles. The van der Waals surface area contributed by atoms with Gasteiger partial charge in [-0.25, -0.2) is 4.79 Å². The lowest BCUT2D eigenvalue weighted by atomic mass is 9.98. The second-order valence-corrected chi connectivity index (χ2v) is 10.9. The van der Waals surface area contributed by atoms with Crippen molar-refractivity contribution < 1.29 is 19.4 Å². The topological polar surface area (TPSA) is 111 Å². The van der Waals surface area contributed by atoms with E-state index in [9.17, 15) is 9.90 Å². The number of aryl methyl sites for hydroxylation is 1. The summed E-state index contributed by atoms with van der Waals surface area (Å²) in [5.74, 6) is 0.710. The number of ether oxygens (including phenoxy) is 2. The van der Waals surface area contributed by atoms with Gasteiger partial charge in [0.25, 0.3) is 0 Å². The Kier molecular flexibility index (Phi) is 9.68. The predicted octanol–water partition coefficient (Wildman–Crippen LogP) is 5.13. The summed E-state index contributed by atoms with van der Waals surface area (Å²) >= 11 is 1.61. The van der Waals surface area contributed by atoms with Crippen molar-refractivity contribution in [3.8, 4) is 11.1 Å². The third kappa shape index (κ3) is 7.34. The number of urea groups is 1. The Morgan fingerprint density at radius 1 is 1.02 bits per heavy atom. The first-order valence-electron chi connectivity index (χ1n) is 13.7. The van der Waals surface area contributed by atoms with Gasteiger partial charge in [-0.05, 0) is 34.7 Å². The lowest BCUT2D eigenvalue weighted by molar-refractivity contribution is -0.245. The van der Waals surface area contributed by atoms with Crippen LogP contribution in [0.1, 0.15) is 48.0 Å². The number of thioether (sulfide) groups is 1. The van der Waals surface area contributed by atoms with Crippen LogP contribution in [0.15, 0.2) is 84.3 Å². The monoisotopic (exact) mass is 573 g/mol. The molecule has 1 aliphatic rings. The fourth-order valence-corrected chi connectivity index (χ4v) is 5.67. The first kappa shape index (κ1) is 28.8. The summed E-state index contributed by atoms with van der Waals surface area (Å²) in [5, 5.41) is 24.1. The molecule has 5 rings (SSSR count). The van der Waals surface area contributed by atoms with E-state index in [-0.39, 0.29) is 24.8 Å². The van der Waals surface area contributed by atoms with Crippen LogP contribution in [0.4, 0.5) is 4.79 Å². The summed E-state index contributed by atoms with van der Waals surface area (Å²) < 4.78 is 14.9. The highest BCUT2D eigenvalue weighted by atomic mass is 32.2. The zero-order chi connectivity index (χ0) is 28.6. The highest BCUT2D eigenvalue weighted by Crippen LogP contribution is 2.39. The average Bonchev–Trinajstić information content (AvgIpc) is 3.43. The van der Waals surface area contributed by atoms with Crippen molar-refractivity contribution in [3.05, 3.63) is 101 Å². The molecule has 0 aliphatic carbocycles. The summed E-state index contributed by atoms with van der Waals surface area (Å²) in [6.45, 7) is 2.91. The van der Waals surface area contributed by atoms with Crippen LogP contribution in [0.5, 0.6) is 0 Å². The number of aliphatic hydroxyl groups excluding tert-OH is 1. The molecular weight excluding hydrogens is 538 g/mol. The molecule has 3 aromatic carbocycles. The Morgan fingerprint density at radius 3 is 2.49 bits per heavy atom. The van der Waals surface area contributed by atoms with Crippen molar-refractivity contribution in [2.45, 2.75) is 50.2 Å². The minimum atomic E-state index is -0.542. The molecule has 3 N–H and O–H groups in total. The maximum Gasteiger partial charge on any atom is 0.315 e. The molecule has 3 atom stereocenters. The predicted molar refractivity (Wildman–Crippen MR) is 158 cm³/mol. The zero-order valence-corrected chi connectivity index (χ0v) is 24.0. The van der Waals surface area contributed by atoms with E-state index in [0.29, 0.717) is 25.3 Å². The van der Waals surface area contributed by atoms with Gasteiger partial charge in [0.15, 0.2) is 11.4 Å². The molecule has 1 aromatic heterocycles. The number of aromatic nitrogens is 3. The minimum absolute atomic E-state index is 0.00593. The zero-order valence-electron chi connectivity index (χ0n) is 23.2. The van der Waals surface area contributed by atoms with E-state index in [1.165, 1.54) is 0 Å². The summed E-state index contributed by atoms with van der Waals surface area (Å²) in [6, 6.07) is 24.0. The smallest absolute Gasteiger partial charge is 0.315 e. The van der Waals surface area contributed by atoms with Crippen LogP contribution >= 0.6 is 11.8 Å². The van der Waals surface area contributed by atoms with Crippen molar-refractivity contribution in [1.29, 1.82) is 0 Å². The van der Waals surface area contributed by atoms with Crippen molar-refractivity contribution in [1.82, 2.24) is 25.4 Å². The van der Waals surface area contributed by atoms with Crippen LogP contribution in [0, 0.1) is 0 Å². The number of benzene rings is 3. The first-order valence-corrected chi connectivity index (χ1v) is 14.7. The molecule has 2 heterocycles. The summed E-state index contributed by atoms with van der Waals surface area (Å²) in [7, 11) is 1.93. The van der Waals surface area contributed by atoms with E-state index in [0.717, 1.165) is 38.5 Å². The molecule has 0 radical (unpaired) electrons. The number of carbonyl (C=O) groups excluding carboxylic acids is 1. The van der Waals surface area contributed by atoms with Gasteiger partial charge in [-0.1, -0.05) is 84.6 Å². The Morgan fingerprint density at radius 2 is 1.78 bits per heavy atom. The third-order valence-electron chi connectivity index (χ3n) is 6.97.